The van der Waals surface area contributed by atoms with Crippen LogP contribution in [0.25, 0.3) is 55.7 Å². The molecule has 0 spiro atoms. The van der Waals surface area contributed by atoms with Crippen molar-refractivity contribution in [3.63, 3.8) is 0 Å². The second-order valence-corrected chi connectivity index (χ2v) is 11.8. The molecule has 4 nitrogen and oxygen atoms in total. The molecular weight excluding hydrogens is 490 g/mol. The van der Waals surface area contributed by atoms with Crippen LogP contribution >= 0.6 is 0 Å². The smallest absolute Gasteiger partial charge is 0.227 e. The first-order chi connectivity index (χ1) is 19.2. The fourth-order valence-corrected chi connectivity index (χ4v) is 5.52. The number of nitrogens with zero attached hydrogens (tertiary/aromatic N) is 3. The molecule has 0 saturated carbocycles. The van der Waals surface area contributed by atoms with E-state index in [1.165, 1.54) is 5.56 Å². The summed E-state index contributed by atoms with van der Waals surface area (Å²) >= 11 is 0. The largest absolute Gasteiger partial charge is 0.437 e. The van der Waals surface area contributed by atoms with Crippen molar-refractivity contribution in [3.8, 4) is 39.7 Å². The zero-order valence-corrected chi connectivity index (χ0v) is 23.6. The molecular formula is C36H32N3O+. The summed E-state index contributed by atoms with van der Waals surface area (Å²) in [6.07, 6.45) is 3.11. The van der Waals surface area contributed by atoms with Crippen LogP contribution in [0.3, 0.4) is 0 Å². The zero-order chi connectivity index (χ0) is 28.0. The second-order valence-electron chi connectivity index (χ2n) is 11.8. The van der Waals surface area contributed by atoms with E-state index in [-0.39, 0.29) is 5.41 Å². The summed E-state index contributed by atoms with van der Waals surface area (Å²) in [6, 6.07) is 31.4. The van der Waals surface area contributed by atoms with Gasteiger partial charge in [-0.05, 0) is 47.1 Å². The number of hydrogen-bond acceptors (Lipinski definition) is 3. The van der Waals surface area contributed by atoms with Gasteiger partial charge in [-0.1, -0.05) is 87.5 Å². The van der Waals surface area contributed by atoms with Gasteiger partial charge in [0.25, 0.3) is 0 Å². The third-order valence-corrected chi connectivity index (χ3v) is 7.43. The van der Waals surface area contributed by atoms with E-state index in [4.69, 9.17) is 9.40 Å². The molecule has 0 unspecified atom stereocenters. The Labute approximate surface area is 235 Å². The quantitative estimate of drug-likeness (QED) is 0.218. The van der Waals surface area contributed by atoms with E-state index in [1.54, 1.807) is 0 Å². The molecule has 0 atom stereocenters. The Hall–Kier alpha value is -4.75. The molecule has 3 aromatic carbocycles. The predicted octanol–water partition coefficient (Wildman–Crippen LogP) is 8.58. The van der Waals surface area contributed by atoms with Crippen molar-refractivity contribution in [1.82, 2.24) is 4.98 Å². The van der Waals surface area contributed by atoms with Gasteiger partial charge in [-0.2, -0.15) is 5.26 Å². The average Bonchev–Trinajstić information content (AvgIpc) is 3.30. The number of hydrogen-bond donors (Lipinski definition) is 0. The molecule has 40 heavy (non-hydrogen) atoms. The minimum atomic E-state index is 0.185. The Morgan fingerprint density at radius 3 is 2.25 bits per heavy atom. The van der Waals surface area contributed by atoms with Crippen LogP contribution in [0.1, 0.15) is 37.5 Å². The summed E-state index contributed by atoms with van der Waals surface area (Å²) in [4.78, 5) is 4.91. The van der Waals surface area contributed by atoms with Gasteiger partial charge in [0.05, 0.1) is 16.8 Å². The Kier molecular flexibility index (Phi) is 6.24. The first-order valence-corrected chi connectivity index (χ1v) is 13.6. The van der Waals surface area contributed by atoms with E-state index in [1.807, 2.05) is 36.4 Å². The van der Waals surface area contributed by atoms with E-state index >= 15 is 0 Å². The first-order valence-electron chi connectivity index (χ1n) is 13.6. The number of rotatable bonds is 4. The minimum absolute atomic E-state index is 0.185. The van der Waals surface area contributed by atoms with Crippen LogP contribution in [0.5, 0.6) is 0 Å². The lowest BCUT2D eigenvalue weighted by Crippen LogP contribution is -2.31. The Morgan fingerprint density at radius 2 is 1.55 bits per heavy atom. The fraction of sp³-hybridized carbons (Fsp3) is 0.194. The van der Waals surface area contributed by atoms with Crippen molar-refractivity contribution in [1.29, 1.82) is 5.26 Å². The van der Waals surface area contributed by atoms with E-state index in [2.05, 4.69) is 100 Å². The lowest BCUT2D eigenvalue weighted by molar-refractivity contribution is -0.660. The van der Waals surface area contributed by atoms with Crippen molar-refractivity contribution in [2.75, 3.05) is 0 Å². The third kappa shape index (κ3) is 4.65. The number of benzene rings is 3. The van der Waals surface area contributed by atoms with Gasteiger partial charge in [-0.25, -0.2) is 9.55 Å². The van der Waals surface area contributed by atoms with E-state index in [0.717, 1.165) is 56.3 Å². The van der Waals surface area contributed by atoms with E-state index in [0.29, 0.717) is 17.0 Å². The SMILES string of the molecule is Cc1ccc2c(oc3nc(-c4ccc(-c5ccccc5)cc4)c(C#N)cc32)c1-c1cc(CC(C)(C)C)cc[n+]1C. The molecule has 196 valence electrons. The van der Waals surface area contributed by atoms with Crippen LogP contribution < -0.4 is 4.57 Å². The van der Waals surface area contributed by atoms with Gasteiger partial charge in [0.2, 0.25) is 11.4 Å². The highest BCUT2D eigenvalue weighted by atomic mass is 16.3. The lowest BCUT2D eigenvalue weighted by Gasteiger charge is -2.18. The van der Waals surface area contributed by atoms with Gasteiger partial charge < -0.3 is 4.42 Å². The van der Waals surface area contributed by atoms with Gasteiger partial charge >= 0.3 is 0 Å². The van der Waals surface area contributed by atoms with Crippen LogP contribution in [0.4, 0.5) is 0 Å². The predicted molar refractivity (Wildman–Crippen MR) is 162 cm³/mol. The van der Waals surface area contributed by atoms with Crippen LogP contribution in [0.15, 0.2) is 95.5 Å². The Morgan fingerprint density at radius 1 is 0.850 bits per heavy atom. The van der Waals surface area contributed by atoms with Crippen molar-refractivity contribution in [2.24, 2.45) is 12.5 Å². The summed E-state index contributed by atoms with van der Waals surface area (Å²) in [5, 5.41) is 11.9. The lowest BCUT2D eigenvalue weighted by atomic mass is 9.88. The Balaban J connectivity index is 1.51. The highest BCUT2D eigenvalue weighted by molar-refractivity contribution is 6.09. The van der Waals surface area contributed by atoms with Gasteiger partial charge in [-0.15, -0.1) is 0 Å². The van der Waals surface area contributed by atoms with E-state index in [9.17, 15) is 5.26 Å². The molecule has 0 N–H and O–H groups in total. The molecule has 3 aromatic heterocycles. The van der Waals surface area contributed by atoms with Crippen molar-refractivity contribution in [3.05, 3.63) is 108 Å². The molecule has 6 aromatic rings. The molecule has 0 aliphatic heterocycles. The summed E-state index contributed by atoms with van der Waals surface area (Å²) < 4.78 is 8.68. The molecule has 0 aliphatic rings. The topological polar surface area (TPSA) is 53.7 Å². The summed E-state index contributed by atoms with van der Waals surface area (Å²) in [6.45, 7) is 8.90. The number of nitriles is 1. The number of aryl methyl sites for hydroxylation is 2. The van der Waals surface area contributed by atoms with Crippen molar-refractivity contribution < 1.29 is 8.98 Å². The number of pyridine rings is 2. The minimum Gasteiger partial charge on any atom is -0.437 e. The number of fused-ring (bicyclic) bond motifs is 3. The molecule has 3 heterocycles. The second kappa shape index (κ2) is 9.77. The number of furan rings is 1. The maximum atomic E-state index is 10.1. The molecule has 4 heteroatoms. The molecule has 0 saturated heterocycles. The fourth-order valence-electron chi connectivity index (χ4n) is 5.52. The molecule has 0 aliphatic carbocycles. The number of aromatic nitrogens is 2. The summed E-state index contributed by atoms with van der Waals surface area (Å²) in [5.74, 6) is 0. The van der Waals surface area contributed by atoms with Crippen molar-refractivity contribution in [2.45, 2.75) is 34.1 Å². The summed E-state index contributed by atoms with van der Waals surface area (Å²) in [5.41, 5.74) is 10.4. The highest BCUT2D eigenvalue weighted by Gasteiger charge is 2.24. The monoisotopic (exact) mass is 522 g/mol. The average molecular weight is 523 g/mol. The normalized spacial score (nSPS) is 11.7. The molecule has 0 amide bonds. The maximum Gasteiger partial charge on any atom is 0.227 e. The Bertz CT molecular complexity index is 1920. The van der Waals surface area contributed by atoms with Crippen LogP contribution in [-0.2, 0) is 13.5 Å². The first kappa shape index (κ1) is 25.5. The molecule has 0 fully saturated rings. The van der Waals surface area contributed by atoms with Gasteiger partial charge in [-0.3, -0.25) is 0 Å². The molecule has 6 rings (SSSR count). The molecule has 0 bridgehead atoms. The van der Waals surface area contributed by atoms with Crippen LogP contribution in [-0.4, -0.2) is 4.98 Å². The maximum absolute atomic E-state index is 10.1. The van der Waals surface area contributed by atoms with Crippen LogP contribution in [0.2, 0.25) is 0 Å². The van der Waals surface area contributed by atoms with Gasteiger partial charge in [0, 0.05) is 28.5 Å². The zero-order valence-electron chi connectivity index (χ0n) is 23.6. The van der Waals surface area contributed by atoms with Gasteiger partial charge in [0.15, 0.2) is 11.8 Å². The van der Waals surface area contributed by atoms with Gasteiger partial charge in [0.1, 0.15) is 13.1 Å². The standard InChI is InChI=1S/C36H32N3O/c1-23-11-16-29-30-20-28(22-37)33(27-14-12-26(13-15-27)25-9-7-6-8-10-25)38-35(30)40-34(29)32(23)31-19-24(17-18-39(31)5)21-36(2,3)4/h6-20H,21H2,1-5H3/q+1. The van der Waals surface area contributed by atoms with Crippen LogP contribution in [0, 0.1) is 23.7 Å². The van der Waals surface area contributed by atoms with E-state index < -0.39 is 0 Å². The molecule has 0 radical (unpaired) electrons. The van der Waals surface area contributed by atoms with Crippen molar-refractivity contribution >= 4 is 22.1 Å². The summed E-state index contributed by atoms with van der Waals surface area (Å²) in [7, 11) is 2.07. The third-order valence-electron chi connectivity index (χ3n) is 7.43. The highest BCUT2D eigenvalue weighted by Crippen LogP contribution is 2.38.